The fourth-order valence-corrected chi connectivity index (χ4v) is 5.30. The summed E-state index contributed by atoms with van der Waals surface area (Å²) in [6.45, 7) is 19.3. The molecule has 6 heteroatoms. The normalized spacial score (nSPS) is 21.8. The van der Waals surface area contributed by atoms with E-state index in [4.69, 9.17) is 9.36 Å². The van der Waals surface area contributed by atoms with E-state index in [2.05, 4.69) is 93.0 Å². The van der Waals surface area contributed by atoms with Crippen LogP contribution in [0.2, 0.25) is 0 Å². The van der Waals surface area contributed by atoms with Gasteiger partial charge in [-0.1, -0.05) is 51.7 Å². The Morgan fingerprint density at radius 1 is 1.29 bits per heavy atom. The molecule has 5 nitrogen and oxygen atoms in total. The largest absolute Gasteiger partial charge is 0.312 e. The third-order valence-electron chi connectivity index (χ3n) is 6.46. The minimum Gasteiger partial charge on any atom is -0.312 e. The van der Waals surface area contributed by atoms with Crippen molar-refractivity contribution in [1.29, 1.82) is 0 Å². The third kappa shape index (κ3) is 5.09. The molecule has 180 valence electrons. The van der Waals surface area contributed by atoms with E-state index < -0.39 is 0 Å². The average molecular weight is 476 g/mol. The lowest BCUT2D eigenvalue weighted by Crippen LogP contribution is -2.22. The van der Waals surface area contributed by atoms with Crippen molar-refractivity contribution in [2.75, 3.05) is 13.1 Å². The Morgan fingerprint density at radius 2 is 2.09 bits per heavy atom. The molecule has 4 rings (SSSR count). The van der Waals surface area contributed by atoms with Gasteiger partial charge in [0.1, 0.15) is 5.82 Å². The zero-order valence-electron chi connectivity index (χ0n) is 21.3. The molecule has 2 N–H and O–H groups in total. The van der Waals surface area contributed by atoms with Crippen molar-refractivity contribution in [1.82, 2.24) is 24.6 Å². The van der Waals surface area contributed by atoms with E-state index in [0.717, 1.165) is 47.9 Å². The van der Waals surface area contributed by atoms with Gasteiger partial charge in [-0.05, 0) is 68.1 Å². The summed E-state index contributed by atoms with van der Waals surface area (Å²) in [5, 5.41) is 7.09. The lowest BCUT2D eigenvalue weighted by atomic mass is 9.92. The second-order valence-electron chi connectivity index (χ2n) is 10.1. The standard InChI is InChI=1S/C28H37N5S/c1-8-11-20(9-2)22-16-30-27(33(22)17-18(3)21-12-10-13-29-15-21)19(4)25-26(31-25)23-14-24(32-34-23)28(5,6)7/h8-9,11-12,14,16-17,25-26,29,31H,4,10,13,15H2,1-3,5-7H3/b11-8-,18-17+,20-9+. The second kappa shape index (κ2) is 9.98. The highest BCUT2D eigenvalue weighted by Gasteiger charge is 2.43. The number of hydrogen-bond donors (Lipinski definition) is 2. The smallest absolute Gasteiger partial charge is 0.141 e. The van der Waals surface area contributed by atoms with Crippen LogP contribution >= 0.6 is 11.5 Å². The van der Waals surface area contributed by atoms with Gasteiger partial charge in [0, 0.05) is 28.6 Å². The Kier molecular flexibility index (Phi) is 7.22. The Hall–Kier alpha value is -2.54. The summed E-state index contributed by atoms with van der Waals surface area (Å²) >= 11 is 1.59. The summed E-state index contributed by atoms with van der Waals surface area (Å²) in [5.74, 6) is 0.906. The molecule has 4 heterocycles. The maximum Gasteiger partial charge on any atom is 0.141 e. The first-order valence-corrected chi connectivity index (χ1v) is 12.9. The predicted octanol–water partition coefficient (Wildman–Crippen LogP) is 6.12. The maximum atomic E-state index is 4.86. The third-order valence-corrected chi connectivity index (χ3v) is 7.33. The zero-order valence-corrected chi connectivity index (χ0v) is 22.1. The molecule has 0 bridgehead atoms. The van der Waals surface area contributed by atoms with Crippen LogP contribution in [0.4, 0.5) is 0 Å². The van der Waals surface area contributed by atoms with Gasteiger partial charge in [-0.25, -0.2) is 4.98 Å². The topological polar surface area (TPSA) is 64.7 Å². The van der Waals surface area contributed by atoms with E-state index in [-0.39, 0.29) is 17.5 Å². The Morgan fingerprint density at radius 3 is 2.71 bits per heavy atom. The van der Waals surface area contributed by atoms with Crippen molar-refractivity contribution in [3.63, 3.8) is 0 Å². The van der Waals surface area contributed by atoms with E-state index in [0.29, 0.717) is 0 Å². The van der Waals surface area contributed by atoms with Crippen molar-refractivity contribution in [2.24, 2.45) is 0 Å². The van der Waals surface area contributed by atoms with Crippen LogP contribution in [-0.4, -0.2) is 33.1 Å². The molecule has 1 fully saturated rings. The number of aromatic nitrogens is 3. The van der Waals surface area contributed by atoms with Crippen LogP contribution in [0.1, 0.15) is 76.1 Å². The first-order valence-electron chi connectivity index (χ1n) is 12.1. The molecule has 2 atom stereocenters. The van der Waals surface area contributed by atoms with Gasteiger partial charge >= 0.3 is 0 Å². The van der Waals surface area contributed by atoms with E-state index in [9.17, 15) is 0 Å². The quantitative estimate of drug-likeness (QED) is 0.374. The Balaban J connectivity index is 1.66. The van der Waals surface area contributed by atoms with Crippen LogP contribution in [0, 0.1) is 0 Å². The molecule has 2 aromatic heterocycles. The molecule has 0 aromatic carbocycles. The van der Waals surface area contributed by atoms with Crippen LogP contribution in [0.5, 0.6) is 0 Å². The van der Waals surface area contributed by atoms with Crippen molar-refractivity contribution in [3.8, 4) is 0 Å². The van der Waals surface area contributed by atoms with E-state index in [1.165, 1.54) is 16.0 Å². The van der Waals surface area contributed by atoms with Crippen molar-refractivity contribution >= 4 is 28.9 Å². The SMILES string of the molecule is C=C(c1ncc(C(/C=C\C)=C/C)n1/C=C(\C)C1=CCCNC1)C1NC1c1cc(C(C)(C)C)ns1. The minimum atomic E-state index is 0.0575. The maximum absolute atomic E-state index is 4.86. The number of nitrogens with zero attached hydrogens (tertiary/aromatic N) is 3. The van der Waals surface area contributed by atoms with Crippen molar-refractivity contribution < 1.29 is 0 Å². The molecule has 0 spiro atoms. The van der Waals surface area contributed by atoms with E-state index >= 15 is 0 Å². The van der Waals surface area contributed by atoms with Gasteiger partial charge in [0.05, 0.1) is 29.7 Å². The van der Waals surface area contributed by atoms with Gasteiger partial charge < -0.3 is 5.32 Å². The van der Waals surface area contributed by atoms with E-state index in [1.54, 1.807) is 11.5 Å². The van der Waals surface area contributed by atoms with Gasteiger partial charge in [0.15, 0.2) is 0 Å². The summed E-state index contributed by atoms with van der Waals surface area (Å²) < 4.78 is 6.91. The van der Waals surface area contributed by atoms with Crippen LogP contribution in [-0.2, 0) is 5.41 Å². The Labute approximate surface area is 208 Å². The highest BCUT2D eigenvalue weighted by molar-refractivity contribution is 7.06. The van der Waals surface area contributed by atoms with Gasteiger partial charge in [0.2, 0.25) is 0 Å². The average Bonchev–Trinajstić information content (AvgIpc) is 3.25. The molecule has 0 saturated carbocycles. The van der Waals surface area contributed by atoms with Gasteiger partial charge in [-0.3, -0.25) is 9.88 Å². The molecular weight excluding hydrogens is 438 g/mol. The molecule has 34 heavy (non-hydrogen) atoms. The lowest BCUT2D eigenvalue weighted by Gasteiger charge is -2.16. The highest BCUT2D eigenvalue weighted by Crippen LogP contribution is 2.41. The highest BCUT2D eigenvalue weighted by atomic mass is 32.1. The predicted molar refractivity (Wildman–Crippen MR) is 146 cm³/mol. The van der Waals surface area contributed by atoms with Crippen LogP contribution in [0.3, 0.4) is 0 Å². The van der Waals surface area contributed by atoms with Gasteiger partial charge in [0.25, 0.3) is 0 Å². The number of allylic oxidation sites excluding steroid dienone is 4. The molecule has 0 aliphatic carbocycles. The number of nitrogens with one attached hydrogen (secondary N) is 2. The summed E-state index contributed by atoms with van der Waals surface area (Å²) in [5.41, 5.74) is 7.02. The Bertz CT molecular complexity index is 1180. The van der Waals surface area contributed by atoms with Gasteiger partial charge in [-0.2, -0.15) is 4.37 Å². The van der Waals surface area contributed by atoms with Crippen molar-refractivity contribution in [2.45, 2.75) is 65.5 Å². The van der Waals surface area contributed by atoms with Crippen LogP contribution in [0.25, 0.3) is 17.3 Å². The van der Waals surface area contributed by atoms with Crippen LogP contribution < -0.4 is 10.6 Å². The molecular formula is C28H37N5S. The van der Waals surface area contributed by atoms with Gasteiger partial charge in [-0.15, -0.1) is 0 Å². The summed E-state index contributed by atoms with van der Waals surface area (Å²) in [4.78, 5) is 6.12. The van der Waals surface area contributed by atoms with E-state index in [1.807, 2.05) is 13.1 Å². The molecule has 0 amide bonds. The molecule has 2 aliphatic heterocycles. The number of rotatable bonds is 7. The monoisotopic (exact) mass is 475 g/mol. The van der Waals surface area contributed by atoms with Crippen LogP contribution in [0.15, 0.2) is 54.3 Å². The van der Waals surface area contributed by atoms with Crippen molar-refractivity contribution in [3.05, 3.63) is 76.4 Å². The first kappa shape index (κ1) is 24.6. The summed E-state index contributed by atoms with van der Waals surface area (Å²) in [6, 6.07) is 2.66. The fourth-order valence-electron chi connectivity index (χ4n) is 4.29. The second-order valence-corrected chi connectivity index (χ2v) is 10.9. The molecule has 2 unspecified atom stereocenters. The summed E-state index contributed by atoms with van der Waals surface area (Å²) in [6.07, 6.45) is 13.9. The number of hydrogen-bond acceptors (Lipinski definition) is 5. The molecule has 0 radical (unpaired) electrons. The molecule has 2 aliphatic rings. The lowest BCUT2D eigenvalue weighted by molar-refractivity contribution is 0.575. The number of imidazole rings is 1. The molecule has 1 saturated heterocycles. The minimum absolute atomic E-state index is 0.0575. The fraction of sp³-hybridized carbons (Fsp3) is 0.429. The zero-order chi connectivity index (χ0) is 24.5. The summed E-state index contributed by atoms with van der Waals surface area (Å²) in [7, 11) is 0. The first-order chi connectivity index (χ1) is 16.2. The molecule has 2 aromatic rings.